The average Bonchev–Trinajstić information content (AvgIpc) is 2.62. The summed E-state index contributed by atoms with van der Waals surface area (Å²) < 4.78 is 18.2. The van der Waals surface area contributed by atoms with Gasteiger partial charge in [-0.25, -0.2) is 4.39 Å². The van der Waals surface area contributed by atoms with E-state index in [1.165, 1.54) is 54.4 Å². The molecule has 6 nitrogen and oxygen atoms in total. The lowest BCUT2D eigenvalue weighted by Crippen LogP contribution is -2.37. The molecule has 134 valence electrons. The van der Waals surface area contributed by atoms with Gasteiger partial charge in [0.15, 0.2) is 6.61 Å². The van der Waals surface area contributed by atoms with Crippen LogP contribution in [0.3, 0.4) is 0 Å². The summed E-state index contributed by atoms with van der Waals surface area (Å²) >= 11 is 5.97. The van der Waals surface area contributed by atoms with E-state index in [9.17, 15) is 14.0 Å². The first-order valence-corrected chi connectivity index (χ1v) is 7.88. The third-order valence-corrected chi connectivity index (χ3v) is 3.64. The quantitative estimate of drug-likeness (QED) is 0.841. The van der Waals surface area contributed by atoms with Gasteiger partial charge in [0, 0.05) is 12.7 Å². The Bertz CT molecular complexity index is 850. The van der Waals surface area contributed by atoms with E-state index in [0.29, 0.717) is 11.3 Å². The first-order valence-electron chi connectivity index (χ1n) is 7.51. The largest absolute Gasteiger partial charge is 0.482 e. The van der Waals surface area contributed by atoms with E-state index in [2.05, 4.69) is 5.32 Å². The van der Waals surface area contributed by atoms with Crippen LogP contribution in [-0.2, 0) is 9.59 Å². The molecular weight excluding hydrogens is 361 g/mol. The molecule has 0 radical (unpaired) electrons. The van der Waals surface area contributed by atoms with Gasteiger partial charge in [-0.05, 0) is 42.5 Å². The fraction of sp³-hybridized carbons (Fsp3) is 0.167. The third-order valence-electron chi connectivity index (χ3n) is 3.35. The van der Waals surface area contributed by atoms with Gasteiger partial charge in [-0.2, -0.15) is 5.26 Å². The topological polar surface area (TPSA) is 82.4 Å². The van der Waals surface area contributed by atoms with Crippen LogP contribution in [0.2, 0.25) is 5.02 Å². The normalized spacial score (nSPS) is 9.92. The number of carbonyl (C=O) groups is 2. The number of benzene rings is 2. The maximum atomic E-state index is 12.8. The molecule has 0 aromatic heterocycles. The van der Waals surface area contributed by atoms with Gasteiger partial charge in [-0.3, -0.25) is 9.59 Å². The second kappa shape index (κ2) is 8.83. The molecule has 0 saturated carbocycles. The highest BCUT2D eigenvalue weighted by Gasteiger charge is 2.15. The minimum Gasteiger partial charge on any atom is -0.482 e. The lowest BCUT2D eigenvalue weighted by atomic mass is 10.2. The van der Waals surface area contributed by atoms with Gasteiger partial charge in [-0.1, -0.05) is 11.6 Å². The molecule has 2 amide bonds. The number of amides is 2. The second-order valence-electron chi connectivity index (χ2n) is 5.35. The van der Waals surface area contributed by atoms with Crippen LogP contribution in [0.1, 0.15) is 5.56 Å². The fourth-order valence-electron chi connectivity index (χ4n) is 1.97. The van der Waals surface area contributed by atoms with E-state index in [4.69, 9.17) is 21.6 Å². The van der Waals surface area contributed by atoms with E-state index in [0.717, 1.165) is 0 Å². The average molecular weight is 376 g/mol. The van der Waals surface area contributed by atoms with Crippen molar-refractivity contribution in [1.29, 1.82) is 5.26 Å². The Balaban J connectivity index is 1.84. The van der Waals surface area contributed by atoms with Crippen molar-refractivity contribution in [1.82, 2.24) is 4.90 Å². The van der Waals surface area contributed by atoms with Crippen LogP contribution in [0.25, 0.3) is 0 Å². The first kappa shape index (κ1) is 19.2. The molecule has 0 spiro atoms. The number of nitrogens with one attached hydrogen (secondary N) is 1. The molecule has 0 aliphatic heterocycles. The zero-order chi connectivity index (χ0) is 19.1. The van der Waals surface area contributed by atoms with Crippen molar-refractivity contribution < 1.29 is 18.7 Å². The number of likely N-dealkylation sites (N-methyl/N-ethyl adjacent to an activating group) is 1. The van der Waals surface area contributed by atoms with E-state index in [1.54, 1.807) is 0 Å². The number of nitrogens with zero attached hydrogens (tertiary/aromatic N) is 2. The van der Waals surface area contributed by atoms with Crippen molar-refractivity contribution >= 4 is 29.1 Å². The Labute approximate surface area is 154 Å². The predicted octanol–water partition coefficient (Wildman–Crippen LogP) is 2.83. The molecule has 0 unspecified atom stereocenters. The summed E-state index contributed by atoms with van der Waals surface area (Å²) in [6.07, 6.45) is 0. The number of hydrogen-bond acceptors (Lipinski definition) is 4. The number of nitriles is 1. The number of halogens is 2. The molecule has 0 fully saturated rings. The maximum absolute atomic E-state index is 12.8. The van der Waals surface area contributed by atoms with E-state index in [-0.39, 0.29) is 23.9 Å². The Morgan fingerprint density at radius 3 is 2.58 bits per heavy atom. The van der Waals surface area contributed by atoms with E-state index < -0.39 is 17.6 Å². The van der Waals surface area contributed by atoms with Crippen molar-refractivity contribution in [3.05, 3.63) is 58.9 Å². The Hall–Kier alpha value is -3.11. The van der Waals surface area contributed by atoms with Crippen LogP contribution in [0.4, 0.5) is 10.1 Å². The van der Waals surface area contributed by atoms with Crippen LogP contribution >= 0.6 is 11.6 Å². The fourth-order valence-corrected chi connectivity index (χ4v) is 2.21. The van der Waals surface area contributed by atoms with Crippen molar-refractivity contribution in [3.63, 3.8) is 0 Å². The highest BCUT2D eigenvalue weighted by atomic mass is 35.5. The molecule has 0 bridgehead atoms. The number of carbonyl (C=O) groups excluding carboxylic acids is 2. The molecular formula is C18H15ClFN3O3. The Kier molecular flexibility index (Phi) is 6.53. The summed E-state index contributed by atoms with van der Waals surface area (Å²) in [4.78, 5) is 25.2. The van der Waals surface area contributed by atoms with Crippen molar-refractivity contribution in [2.75, 3.05) is 25.5 Å². The van der Waals surface area contributed by atoms with Crippen molar-refractivity contribution in [2.45, 2.75) is 0 Å². The highest BCUT2D eigenvalue weighted by Crippen LogP contribution is 2.25. The van der Waals surface area contributed by atoms with Crippen LogP contribution in [0.15, 0.2) is 42.5 Å². The number of anilines is 1. The molecule has 2 rings (SSSR count). The van der Waals surface area contributed by atoms with Crippen molar-refractivity contribution in [3.8, 4) is 11.8 Å². The van der Waals surface area contributed by atoms with Crippen molar-refractivity contribution in [2.24, 2.45) is 0 Å². The smallest absolute Gasteiger partial charge is 0.260 e. The SMILES string of the molecule is CN(CC(=O)Nc1ccc(F)cc1)C(=O)COc1ccc(C#N)cc1Cl. The standard InChI is InChI=1S/C18H15ClFN3O3/c1-23(10-17(24)22-14-5-3-13(20)4-6-14)18(25)11-26-16-7-2-12(9-21)8-15(16)19/h2-8H,10-11H2,1H3,(H,22,24). The van der Waals surface area contributed by atoms with E-state index >= 15 is 0 Å². The lowest BCUT2D eigenvalue weighted by molar-refractivity contribution is -0.135. The Morgan fingerprint density at radius 1 is 1.27 bits per heavy atom. The molecule has 26 heavy (non-hydrogen) atoms. The third kappa shape index (κ3) is 5.46. The molecule has 0 atom stereocenters. The van der Waals surface area contributed by atoms with Gasteiger partial charge < -0.3 is 15.0 Å². The first-order chi connectivity index (χ1) is 12.4. The summed E-state index contributed by atoms with van der Waals surface area (Å²) in [5, 5.41) is 11.6. The Morgan fingerprint density at radius 2 is 1.96 bits per heavy atom. The minimum absolute atomic E-state index is 0.194. The summed E-state index contributed by atoms with van der Waals surface area (Å²) in [5.41, 5.74) is 0.807. The molecule has 0 heterocycles. The number of rotatable bonds is 6. The molecule has 0 aliphatic rings. The predicted molar refractivity (Wildman–Crippen MR) is 94.3 cm³/mol. The van der Waals surface area contributed by atoms with Gasteiger partial charge in [0.05, 0.1) is 23.2 Å². The summed E-state index contributed by atoms with van der Waals surface area (Å²) in [6, 6.07) is 11.7. The van der Waals surface area contributed by atoms with Crippen LogP contribution in [-0.4, -0.2) is 36.9 Å². The molecule has 2 aromatic carbocycles. The summed E-state index contributed by atoms with van der Waals surface area (Å²) in [6.45, 7) is -0.507. The molecule has 0 aliphatic carbocycles. The second-order valence-corrected chi connectivity index (χ2v) is 5.76. The molecule has 0 saturated heterocycles. The minimum atomic E-state index is -0.431. The van der Waals surface area contributed by atoms with Gasteiger partial charge >= 0.3 is 0 Å². The van der Waals surface area contributed by atoms with Gasteiger partial charge in [-0.15, -0.1) is 0 Å². The van der Waals surface area contributed by atoms with Crippen LogP contribution in [0.5, 0.6) is 5.75 Å². The van der Waals surface area contributed by atoms with Gasteiger partial charge in [0.25, 0.3) is 5.91 Å². The zero-order valence-corrected chi connectivity index (χ0v) is 14.6. The molecule has 1 N–H and O–H groups in total. The lowest BCUT2D eigenvalue weighted by Gasteiger charge is -2.17. The number of ether oxygens (including phenoxy) is 1. The molecule has 2 aromatic rings. The van der Waals surface area contributed by atoms with Gasteiger partial charge in [0.1, 0.15) is 11.6 Å². The summed E-state index contributed by atoms with van der Waals surface area (Å²) in [5.74, 6) is -0.999. The van der Waals surface area contributed by atoms with Gasteiger partial charge in [0.2, 0.25) is 5.91 Å². The monoisotopic (exact) mass is 375 g/mol. The van der Waals surface area contributed by atoms with Crippen LogP contribution < -0.4 is 10.1 Å². The zero-order valence-electron chi connectivity index (χ0n) is 13.8. The highest BCUT2D eigenvalue weighted by molar-refractivity contribution is 6.32. The summed E-state index contributed by atoms with van der Waals surface area (Å²) in [7, 11) is 1.45. The maximum Gasteiger partial charge on any atom is 0.260 e. The van der Waals surface area contributed by atoms with E-state index in [1.807, 2.05) is 6.07 Å². The van der Waals surface area contributed by atoms with Crippen LogP contribution in [0, 0.1) is 17.1 Å². The number of hydrogen-bond donors (Lipinski definition) is 1. The molecule has 8 heteroatoms.